The van der Waals surface area contributed by atoms with Gasteiger partial charge in [0.05, 0.1) is 30.5 Å². The van der Waals surface area contributed by atoms with E-state index in [1.54, 1.807) is 36.7 Å². The Hall–Kier alpha value is -3.67. The highest BCUT2D eigenvalue weighted by Crippen LogP contribution is 2.30. The average molecular weight is 351 g/mol. The summed E-state index contributed by atoms with van der Waals surface area (Å²) in [5, 5.41) is 4.42. The second kappa shape index (κ2) is 6.33. The highest BCUT2D eigenvalue weighted by atomic mass is 19.3. The molecule has 0 amide bonds. The third-order valence-electron chi connectivity index (χ3n) is 3.81. The highest BCUT2D eigenvalue weighted by molar-refractivity contribution is 5.76. The summed E-state index contributed by atoms with van der Waals surface area (Å²) in [7, 11) is 0. The maximum absolute atomic E-state index is 13.0. The smallest absolute Gasteiger partial charge is 0.275 e. The molecule has 0 N–H and O–H groups in total. The van der Waals surface area contributed by atoms with E-state index in [0.717, 1.165) is 0 Å². The van der Waals surface area contributed by atoms with Crippen LogP contribution in [0.15, 0.2) is 49.2 Å². The molecule has 0 radical (unpaired) electrons. The maximum Gasteiger partial charge on any atom is 0.275 e. The van der Waals surface area contributed by atoms with Crippen molar-refractivity contribution < 1.29 is 8.78 Å². The predicted octanol–water partition coefficient (Wildman–Crippen LogP) is 3.47. The number of halogens is 2. The first-order valence-corrected chi connectivity index (χ1v) is 7.63. The summed E-state index contributed by atoms with van der Waals surface area (Å²) in [6, 6.07) is 6.90. The summed E-state index contributed by atoms with van der Waals surface area (Å²) in [5.41, 5.74) is 2.54. The molecular formula is C17H11F2N7. The van der Waals surface area contributed by atoms with Crippen molar-refractivity contribution in [3.05, 3.63) is 60.6 Å². The Kier molecular flexibility index (Phi) is 3.85. The van der Waals surface area contributed by atoms with Gasteiger partial charge in [0.2, 0.25) is 5.65 Å². The van der Waals surface area contributed by atoms with E-state index in [0.29, 0.717) is 28.3 Å². The number of imidazole rings is 2. The van der Waals surface area contributed by atoms with E-state index in [4.69, 9.17) is 6.57 Å². The second-order valence-corrected chi connectivity index (χ2v) is 5.44. The fourth-order valence-electron chi connectivity index (χ4n) is 2.72. The molecule has 26 heavy (non-hydrogen) atoms. The minimum atomic E-state index is -2.54. The van der Waals surface area contributed by atoms with Crippen molar-refractivity contribution in [3.63, 3.8) is 0 Å². The lowest BCUT2D eigenvalue weighted by Gasteiger charge is -2.09. The van der Waals surface area contributed by atoms with Gasteiger partial charge in [-0.15, -0.1) is 4.52 Å². The second-order valence-electron chi connectivity index (χ2n) is 5.44. The van der Waals surface area contributed by atoms with Crippen molar-refractivity contribution in [2.45, 2.75) is 13.0 Å². The minimum Gasteiger partial charge on any atom is -0.360 e. The Labute approximate surface area is 146 Å². The molecule has 0 bridgehead atoms. The SMILES string of the molecule is [C-]#[N+]c1cnc2ccc(-c3c(-c4cccnc4)ncn3CC(F)F)nn12. The molecule has 4 rings (SSSR count). The first-order valence-electron chi connectivity index (χ1n) is 7.63. The van der Waals surface area contributed by atoms with Gasteiger partial charge in [0, 0.05) is 24.0 Å². The van der Waals surface area contributed by atoms with Gasteiger partial charge in [-0.25, -0.2) is 18.7 Å². The maximum atomic E-state index is 13.0. The molecule has 0 saturated heterocycles. The van der Waals surface area contributed by atoms with Crippen LogP contribution >= 0.6 is 0 Å². The van der Waals surface area contributed by atoms with E-state index in [1.807, 2.05) is 0 Å². The molecule has 0 aliphatic rings. The van der Waals surface area contributed by atoms with Crippen molar-refractivity contribution in [3.8, 4) is 22.6 Å². The number of alkyl halides is 2. The molecule has 9 heteroatoms. The first kappa shape index (κ1) is 15.8. The van der Waals surface area contributed by atoms with Crippen LogP contribution in [0.2, 0.25) is 0 Å². The van der Waals surface area contributed by atoms with Crippen molar-refractivity contribution >= 4 is 11.5 Å². The van der Waals surface area contributed by atoms with Crippen molar-refractivity contribution in [1.82, 2.24) is 29.1 Å². The monoisotopic (exact) mass is 351 g/mol. The van der Waals surface area contributed by atoms with Gasteiger partial charge in [-0.3, -0.25) is 4.98 Å². The minimum absolute atomic E-state index is 0.240. The van der Waals surface area contributed by atoms with Gasteiger partial charge in [0.1, 0.15) is 5.69 Å². The molecule has 0 fully saturated rings. The molecule has 7 nitrogen and oxygen atoms in total. The number of rotatable bonds is 4. The van der Waals surface area contributed by atoms with Crippen LogP contribution in [0, 0.1) is 6.57 Å². The van der Waals surface area contributed by atoms with Gasteiger partial charge < -0.3 is 9.41 Å². The number of hydrogen-bond donors (Lipinski definition) is 0. The lowest BCUT2D eigenvalue weighted by atomic mass is 10.1. The van der Waals surface area contributed by atoms with Crippen LogP contribution in [0.25, 0.3) is 33.1 Å². The van der Waals surface area contributed by atoms with Crippen LogP contribution in [-0.4, -0.2) is 35.6 Å². The fraction of sp³-hybridized carbons (Fsp3) is 0.118. The van der Waals surface area contributed by atoms with Crippen LogP contribution in [0.1, 0.15) is 0 Å². The zero-order chi connectivity index (χ0) is 18.1. The summed E-state index contributed by atoms with van der Waals surface area (Å²) in [6.45, 7) is 6.69. The topological polar surface area (TPSA) is 65.3 Å². The Morgan fingerprint density at radius 3 is 2.77 bits per heavy atom. The van der Waals surface area contributed by atoms with Crippen LogP contribution in [-0.2, 0) is 6.54 Å². The Balaban J connectivity index is 1.94. The number of aromatic nitrogens is 6. The van der Waals surface area contributed by atoms with Gasteiger partial charge in [-0.2, -0.15) is 0 Å². The molecule has 4 aromatic heterocycles. The van der Waals surface area contributed by atoms with Crippen LogP contribution < -0.4 is 0 Å². The third-order valence-corrected chi connectivity index (χ3v) is 3.81. The van der Waals surface area contributed by atoms with E-state index in [9.17, 15) is 8.78 Å². The third kappa shape index (κ3) is 2.67. The van der Waals surface area contributed by atoms with Crippen LogP contribution in [0.3, 0.4) is 0 Å². The molecular weight excluding hydrogens is 340 g/mol. The molecule has 4 aromatic rings. The van der Waals surface area contributed by atoms with E-state index in [-0.39, 0.29) is 5.82 Å². The lowest BCUT2D eigenvalue weighted by molar-refractivity contribution is 0.127. The molecule has 0 aliphatic heterocycles. The summed E-state index contributed by atoms with van der Waals surface area (Å²) in [4.78, 5) is 15.8. The molecule has 0 atom stereocenters. The van der Waals surface area contributed by atoms with E-state index in [1.165, 1.54) is 21.6 Å². The molecule has 128 valence electrons. The Morgan fingerprint density at radius 1 is 1.15 bits per heavy atom. The molecule has 0 unspecified atom stereocenters. The summed E-state index contributed by atoms with van der Waals surface area (Å²) in [6.07, 6.45) is 3.47. The zero-order valence-electron chi connectivity index (χ0n) is 13.3. The molecule has 0 saturated carbocycles. The van der Waals surface area contributed by atoms with Gasteiger partial charge in [0.15, 0.2) is 0 Å². The number of nitrogens with zero attached hydrogens (tertiary/aromatic N) is 7. The molecule has 0 spiro atoms. The fourth-order valence-corrected chi connectivity index (χ4v) is 2.72. The van der Waals surface area contributed by atoms with E-state index < -0.39 is 13.0 Å². The summed E-state index contributed by atoms with van der Waals surface area (Å²) < 4.78 is 28.8. The molecule has 0 aliphatic carbocycles. The number of fused-ring (bicyclic) bond motifs is 1. The van der Waals surface area contributed by atoms with Gasteiger partial charge in [0.25, 0.3) is 12.2 Å². The first-order chi connectivity index (χ1) is 12.7. The number of pyridine rings is 1. The predicted molar refractivity (Wildman–Crippen MR) is 89.7 cm³/mol. The van der Waals surface area contributed by atoms with Crippen molar-refractivity contribution in [2.24, 2.45) is 0 Å². The molecule has 0 aromatic carbocycles. The number of hydrogen-bond acceptors (Lipinski definition) is 4. The standard InChI is InChI=1S/C17H11F2N7/c1-20-15-8-22-14-5-4-12(24-26(14)15)17-16(11-3-2-6-21-7-11)23-10-25(17)9-13(18)19/h2-8,10,13H,9H2. The van der Waals surface area contributed by atoms with Gasteiger partial charge in [-0.05, 0) is 18.2 Å². The largest absolute Gasteiger partial charge is 0.360 e. The van der Waals surface area contributed by atoms with Crippen LogP contribution in [0.5, 0.6) is 0 Å². The zero-order valence-corrected chi connectivity index (χ0v) is 13.3. The average Bonchev–Trinajstić information content (AvgIpc) is 3.25. The van der Waals surface area contributed by atoms with Crippen LogP contribution in [0.4, 0.5) is 14.6 Å². The lowest BCUT2D eigenvalue weighted by Crippen LogP contribution is -2.08. The van der Waals surface area contributed by atoms with Crippen molar-refractivity contribution in [1.29, 1.82) is 0 Å². The van der Waals surface area contributed by atoms with Gasteiger partial charge >= 0.3 is 0 Å². The van der Waals surface area contributed by atoms with E-state index >= 15 is 0 Å². The van der Waals surface area contributed by atoms with Crippen molar-refractivity contribution in [2.75, 3.05) is 0 Å². The molecule has 4 heterocycles. The summed E-state index contributed by atoms with van der Waals surface area (Å²) in [5.74, 6) is 0.240. The summed E-state index contributed by atoms with van der Waals surface area (Å²) >= 11 is 0. The quantitative estimate of drug-likeness (QED) is 0.528. The normalized spacial score (nSPS) is 11.2. The van der Waals surface area contributed by atoms with E-state index in [2.05, 4.69) is 24.9 Å². The van der Waals surface area contributed by atoms with Gasteiger partial charge in [-0.1, -0.05) is 11.7 Å². The Morgan fingerprint density at radius 2 is 2.04 bits per heavy atom. The highest BCUT2D eigenvalue weighted by Gasteiger charge is 2.20. The Bertz CT molecular complexity index is 1110.